The third-order valence-electron chi connectivity index (χ3n) is 1.26. The number of aldehydes is 2. The Labute approximate surface area is 129 Å². The number of allylic oxidation sites excluding steroid dienone is 3. The quantitative estimate of drug-likeness (QED) is 0.433. The highest BCUT2D eigenvalue weighted by Crippen LogP contribution is 1.81. The first-order valence-electron chi connectivity index (χ1n) is 6.79. The maximum absolute atomic E-state index is 9.17. The van der Waals surface area contributed by atoms with E-state index in [-0.39, 0.29) is 14.9 Å². The van der Waals surface area contributed by atoms with Crippen molar-refractivity contribution in [2.45, 2.75) is 81.6 Å². The van der Waals surface area contributed by atoms with Crippen LogP contribution in [0.15, 0.2) is 24.8 Å². The summed E-state index contributed by atoms with van der Waals surface area (Å²) in [5, 5.41) is 0. The van der Waals surface area contributed by atoms with Crippen LogP contribution in [-0.4, -0.2) is 12.6 Å². The van der Waals surface area contributed by atoms with Gasteiger partial charge in [-0.2, -0.15) is 0 Å². The lowest BCUT2D eigenvalue weighted by Crippen LogP contribution is -1.55. The Hall–Kier alpha value is -1.18. The van der Waals surface area contributed by atoms with Crippen LogP contribution >= 0.6 is 0 Å². The lowest BCUT2D eigenvalue weighted by molar-refractivity contribution is -0.108. The molecule has 0 bridgehead atoms. The Bertz CT molecular complexity index is 136. The highest BCUT2D eigenvalue weighted by atomic mass is 16.1. The molecule has 0 saturated carbocycles. The molecule has 0 heterocycles. The number of carbonyl (C=O) groups is 2. The summed E-state index contributed by atoms with van der Waals surface area (Å²) in [5.74, 6) is 0. The summed E-state index contributed by atoms with van der Waals surface area (Å²) in [6.07, 6.45) is 12.7. The third-order valence-corrected chi connectivity index (χ3v) is 1.26. The molecule has 0 spiro atoms. The maximum atomic E-state index is 9.17. The normalized spacial score (nSPS) is 6.85. The third kappa shape index (κ3) is 181. The van der Waals surface area contributed by atoms with Crippen LogP contribution in [0.2, 0.25) is 0 Å². The van der Waals surface area contributed by atoms with Crippen LogP contribution in [0.3, 0.4) is 0 Å². The summed E-state index contributed by atoms with van der Waals surface area (Å²) in [4.78, 5) is 18.3. The predicted molar refractivity (Wildman–Crippen MR) is 96.4 cm³/mol. The van der Waals surface area contributed by atoms with Crippen LogP contribution in [0.1, 0.15) is 81.6 Å². The molecule has 0 saturated heterocycles. The molecule has 0 atom stereocenters. The summed E-state index contributed by atoms with van der Waals surface area (Å²) in [6, 6.07) is 0. The second-order valence-corrected chi connectivity index (χ2v) is 3.13. The minimum atomic E-state index is 0. The monoisotopic (exact) mass is 288 g/mol. The van der Waals surface area contributed by atoms with E-state index in [2.05, 4.69) is 39.5 Å². The Morgan fingerprint density at radius 1 is 0.650 bits per heavy atom. The number of hydrogen-bond acceptors (Lipinski definition) is 2. The Morgan fingerprint density at radius 2 is 0.850 bits per heavy atom. The summed E-state index contributed by atoms with van der Waals surface area (Å²) in [7, 11) is 0. The van der Waals surface area contributed by atoms with E-state index in [0.29, 0.717) is 12.8 Å². The fourth-order valence-electron chi connectivity index (χ4n) is 0.333. The van der Waals surface area contributed by atoms with Gasteiger partial charge in [0.15, 0.2) is 0 Å². The summed E-state index contributed by atoms with van der Waals surface area (Å²) >= 11 is 0. The van der Waals surface area contributed by atoms with E-state index in [1.54, 1.807) is 0 Å². The topological polar surface area (TPSA) is 34.1 Å². The van der Waals surface area contributed by atoms with E-state index in [1.165, 1.54) is 12.8 Å². The highest BCUT2D eigenvalue weighted by molar-refractivity contribution is 5.48. The van der Waals surface area contributed by atoms with Gasteiger partial charge in [0.1, 0.15) is 12.6 Å². The van der Waals surface area contributed by atoms with Gasteiger partial charge in [-0.15, -0.1) is 6.58 Å². The smallest absolute Gasteiger partial charge is 0.119 e. The Kier molecular flexibility index (Phi) is 118. The molecule has 0 unspecified atom stereocenters. The minimum absolute atomic E-state index is 0. The molecule has 2 nitrogen and oxygen atoms in total. The fraction of sp³-hybridized carbons (Fsp3) is 0.667. The molecule has 0 aromatic rings. The molecule has 0 aliphatic rings. The molecule has 0 aromatic carbocycles. The van der Waals surface area contributed by atoms with E-state index < -0.39 is 0 Å². The van der Waals surface area contributed by atoms with Gasteiger partial charge in [-0.1, -0.05) is 67.7 Å². The Balaban J connectivity index is -0.0000000322. The number of hydrogen-bond donors (Lipinski definition) is 0. The molecular formula is C18H40O2. The molecule has 0 rings (SSSR count). The van der Waals surface area contributed by atoms with Crippen LogP contribution in [-0.2, 0) is 9.59 Å². The van der Waals surface area contributed by atoms with Crippen LogP contribution in [0.5, 0.6) is 0 Å². The second-order valence-electron chi connectivity index (χ2n) is 3.13. The molecule has 20 heavy (non-hydrogen) atoms. The van der Waals surface area contributed by atoms with E-state index in [4.69, 9.17) is 0 Å². The fourth-order valence-corrected chi connectivity index (χ4v) is 0.333. The molecule has 2 heteroatoms. The van der Waals surface area contributed by atoms with Gasteiger partial charge in [-0.25, -0.2) is 0 Å². The molecule has 0 radical (unpaired) electrons. The lowest BCUT2D eigenvalue weighted by atomic mass is 10.4. The number of carbonyl (C=O) groups excluding carboxylic acids is 2. The first-order valence-corrected chi connectivity index (χ1v) is 6.79. The Morgan fingerprint density at radius 3 is 0.900 bits per heavy atom. The average Bonchev–Trinajstić information content (AvgIpc) is 2.45. The standard InChI is InChI=1S/C6H12.C4H8.2C3H6O.2CH4/c1-3-5-6-4-2;1-3-4-2;2*1-2-3-4;;/h5-6H,3-4H2,1-2H3;3H,1,4H2,2H3;2*3H,2H2,1H3;2*1H4. The van der Waals surface area contributed by atoms with Gasteiger partial charge in [0, 0.05) is 12.8 Å². The predicted octanol–water partition coefficient (Wildman–Crippen LogP) is 6.41. The zero-order valence-corrected chi connectivity index (χ0v) is 12.9. The van der Waals surface area contributed by atoms with E-state index in [1.807, 2.05) is 19.9 Å². The van der Waals surface area contributed by atoms with Crippen LogP contribution in [0.4, 0.5) is 0 Å². The van der Waals surface area contributed by atoms with Crippen molar-refractivity contribution < 1.29 is 9.59 Å². The van der Waals surface area contributed by atoms with Gasteiger partial charge in [0.05, 0.1) is 0 Å². The van der Waals surface area contributed by atoms with Gasteiger partial charge in [-0.05, 0) is 19.3 Å². The van der Waals surface area contributed by atoms with Crippen molar-refractivity contribution in [2.24, 2.45) is 0 Å². The molecule has 0 amide bonds. The van der Waals surface area contributed by atoms with E-state index in [9.17, 15) is 9.59 Å². The summed E-state index contributed by atoms with van der Waals surface area (Å²) in [6.45, 7) is 13.5. The van der Waals surface area contributed by atoms with Gasteiger partial charge >= 0.3 is 0 Å². The van der Waals surface area contributed by atoms with Crippen molar-refractivity contribution in [2.75, 3.05) is 0 Å². The zero-order chi connectivity index (χ0) is 15.1. The van der Waals surface area contributed by atoms with E-state index >= 15 is 0 Å². The van der Waals surface area contributed by atoms with E-state index in [0.717, 1.165) is 19.0 Å². The SMILES string of the molecule is C.C.C=CCC.CCC=CCC.CCC=O.CCC=O. The first kappa shape index (κ1) is 36.4. The average molecular weight is 289 g/mol. The zero-order valence-electron chi connectivity index (χ0n) is 12.9. The summed E-state index contributed by atoms with van der Waals surface area (Å²) < 4.78 is 0. The van der Waals surface area contributed by atoms with Gasteiger partial charge < -0.3 is 9.59 Å². The highest BCUT2D eigenvalue weighted by Gasteiger charge is 1.60. The van der Waals surface area contributed by atoms with Crippen LogP contribution in [0, 0.1) is 0 Å². The van der Waals surface area contributed by atoms with Crippen molar-refractivity contribution in [1.29, 1.82) is 0 Å². The van der Waals surface area contributed by atoms with Gasteiger partial charge in [-0.3, -0.25) is 0 Å². The van der Waals surface area contributed by atoms with Crippen molar-refractivity contribution in [3.8, 4) is 0 Å². The molecular weight excluding hydrogens is 248 g/mol. The molecule has 0 aliphatic heterocycles. The molecule has 0 aromatic heterocycles. The molecule has 124 valence electrons. The lowest BCUT2D eigenvalue weighted by Gasteiger charge is -1.72. The van der Waals surface area contributed by atoms with Crippen LogP contribution < -0.4 is 0 Å². The summed E-state index contributed by atoms with van der Waals surface area (Å²) in [5.41, 5.74) is 0. The molecule has 0 N–H and O–H groups in total. The minimum Gasteiger partial charge on any atom is -0.303 e. The second kappa shape index (κ2) is 64.8. The van der Waals surface area contributed by atoms with Gasteiger partial charge in [0.25, 0.3) is 0 Å². The number of rotatable bonds is 5. The van der Waals surface area contributed by atoms with Crippen molar-refractivity contribution >= 4 is 12.6 Å². The van der Waals surface area contributed by atoms with Crippen molar-refractivity contribution in [1.82, 2.24) is 0 Å². The van der Waals surface area contributed by atoms with Crippen molar-refractivity contribution in [3.05, 3.63) is 24.8 Å². The first-order chi connectivity index (χ1) is 8.66. The van der Waals surface area contributed by atoms with Crippen molar-refractivity contribution in [3.63, 3.8) is 0 Å². The van der Waals surface area contributed by atoms with Crippen LogP contribution in [0.25, 0.3) is 0 Å². The molecule has 0 fully saturated rings. The van der Waals surface area contributed by atoms with Gasteiger partial charge in [0.2, 0.25) is 0 Å². The molecule has 0 aliphatic carbocycles. The maximum Gasteiger partial charge on any atom is 0.119 e. The largest absolute Gasteiger partial charge is 0.303 e.